The minimum atomic E-state index is -0.0527. The lowest BCUT2D eigenvalue weighted by molar-refractivity contribution is 0.0948. The third-order valence-electron chi connectivity index (χ3n) is 3.49. The molecule has 0 aromatic heterocycles. The van der Waals surface area contributed by atoms with Crippen LogP contribution in [0.3, 0.4) is 0 Å². The van der Waals surface area contributed by atoms with Crippen LogP contribution in [0.2, 0.25) is 0 Å². The summed E-state index contributed by atoms with van der Waals surface area (Å²) >= 11 is 9.49. The second-order valence-electron chi connectivity index (χ2n) is 4.44. The molecular formula is C14H20BrNOS2. The van der Waals surface area contributed by atoms with E-state index >= 15 is 0 Å². The second-order valence-corrected chi connectivity index (χ2v) is 7.09. The summed E-state index contributed by atoms with van der Waals surface area (Å²) in [5.74, 6) is -0.0527. The van der Waals surface area contributed by atoms with Gasteiger partial charge in [-0.25, -0.2) is 0 Å². The Hall–Kier alpha value is -0.130. The molecule has 106 valence electrons. The summed E-state index contributed by atoms with van der Waals surface area (Å²) in [6, 6.07) is 5.48. The van der Waals surface area contributed by atoms with Gasteiger partial charge < -0.3 is 5.32 Å². The fraction of sp³-hybridized carbons (Fsp3) is 0.500. The summed E-state index contributed by atoms with van der Waals surface area (Å²) < 4.78 is 0.923. The van der Waals surface area contributed by atoms with Crippen LogP contribution < -0.4 is 5.32 Å². The van der Waals surface area contributed by atoms with Crippen molar-refractivity contribution >= 4 is 46.2 Å². The molecule has 0 aliphatic heterocycles. The van der Waals surface area contributed by atoms with Gasteiger partial charge in [-0.1, -0.05) is 13.8 Å². The van der Waals surface area contributed by atoms with E-state index in [9.17, 15) is 4.79 Å². The molecule has 0 bridgehead atoms. The van der Waals surface area contributed by atoms with Gasteiger partial charge in [-0.15, -0.1) is 12.6 Å². The maximum atomic E-state index is 12.2. The van der Waals surface area contributed by atoms with Crippen molar-refractivity contribution < 1.29 is 4.79 Å². The van der Waals surface area contributed by atoms with Gasteiger partial charge in [0.15, 0.2) is 0 Å². The van der Waals surface area contributed by atoms with Gasteiger partial charge in [-0.3, -0.25) is 4.79 Å². The zero-order valence-corrected chi connectivity index (χ0v) is 14.8. The summed E-state index contributed by atoms with van der Waals surface area (Å²) in [4.78, 5) is 13.0. The minimum Gasteiger partial charge on any atom is -0.351 e. The Kier molecular flexibility index (Phi) is 6.77. The Morgan fingerprint density at radius 3 is 2.58 bits per heavy atom. The number of carbonyl (C=O) groups is 1. The lowest BCUT2D eigenvalue weighted by atomic mass is 10.0. The van der Waals surface area contributed by atoms with Crippen molar-refractivity contribution in [3.8, 4) is 0 Å². The standard InChI is InChI=1S/C14H20BrNOS2/c1-4-14(5-2,19-3)9-16-13(17)11-8-10(18)6-7-12(11)15/h6-8,18H,4-5,9H2,1-3H3,(H,16,17). The first-order valence-corrected chi connectivity index (χ1v) is 8.76. The molecule has 2 nitrogen and oxygen atoms in total. The van der Waals surface area contributed by atoms with E-state index in [0.29, 0.717) is 12.1 Å². The van der Waals surface area contributed by atoms with Crippen molar-refractivity contribution in [2.24, 2.45) is 0 Å². The highest BCUT2D eigenvalue weighted by Crippen LogP contribution is 2.29. The summed E-state index contributed by atoms with van der Waals surface area (Å²) in [5, 5.41) is 3.04. The third kappa shape index (κ3) is 4.43. The number of hydrogen-bond acceptors (Lipinski definition) is 3. The molecule has 0 saturated carbocycles. The van der Waals surface area contributed by atoms with Gasteiger partial charge in [0.25, 0.3) is 5.91 Å². The molecule has 19 heavy (non-hydrogen) atoms. The fourth-order valence-corrected chi connectivity index (χ4v) is 3.31. The number of rotatable bonds is 6. The predicted octanol–water partition coefficient (Wildman–Crippen LogP) is 4.39. The van der Waals surface area contributed by atoms with Crippen molar-refractivity contribution in [3.05, 3.63) is 28.2 Å². The van der Waals surface area contributed by atoms with Crippen molar-refractivity contribution in [1.29, 1.82) is 0 Å². The summed E-state index contributed by atoms with van der Waals surface area (Å²) in [5.41, 5.74) is 0.634. The molecule has 0 radical (unpaired) electrons. The Bertz CT molecular complexity index is 439. The van der Waals surface area contributed by atoms with Gasteiger partial charge in [-0.05, 0) is 53.2 Å². The van der Waals surface area contributed by atoms with Crippen LogP contribution in [0.15, 0.2) is 27.6 Å². The number of amides is 1. The van der Waals surface area contributed by atoms with Gasteiger partial charge in [0, 0.05) is 20.7 Å². The minimum absolute atomic E-state index is 0.0527. The summed E-state index contributed by atoms with van der Waals surface area (Å²) in [6.45, 7) is 5.01. The van der Waals surface area contributed by atoms with Crippen LogP contribution in [0.5, 0.6) is 0 Å². The highest BCUT2D eigenvalue weighted by atomic mass is 79.9. The molecule has 1 N–H and O–H groups in total. The van der Waals surface area contributed by atoms with E-state index in [1.807, 2.05) is 23.9 Å². The van der Waals surface area contributed by atoms with Gasteiger partial charge >= 0.3 is 0 Å². The number of thioether (sulfide) groups is 1. The van der Waals surface area contributed by atoms with E-state index in [2.05, 4.69) is 54.0 Å². The third-order valence-corrected chi connectivity index (χ3v) is 6.04. The number of nitrogens with one attached hydrogen (secondary N) is 1. The Morgan fingerprint density at radius 1 is 1.42 bits per heavy atom. The highest BCUT2D eigenvalue weighted by molar-refractivity contribution is 9.10. The van der Waals surface area contributed by atoms with Crippen LogP contribution in [-0.4, -0.2) is 23.5 Å². The molecule has 1 aromatic carbocycles. The quantitative estimate of drug-likeness (QED) is 0.735. The Morgan fingerprint density at radius 2 is 2.05 bits per heavy atom. The average Bonchev–Trinajstić information content (AvgIpc) is 2.43. The van der Waals surface area contributed by atoms with Crippen LogP contribution in [0.4, 0.5) is 0 Å². The molecule has 0 atom stereocenters. The first-order valence-electron chi connectivity index (χ1n) is 6.30. The molecule has 0 saturated heterocycles. The van der Waals surface area contributed by atoms with Crippen LogP contribution in [0.25, 0.3) is 0 Å². The molecule has 5 heteroatoms. The van der Waals surface area contributed by atoms with E-state index < -0.39 is 0 Å². The SMILES string of the molecule is CCC(CC)(CNC(=O)c1cc(S)ccc1Br)SC. The average molecular weight is 362 g/mol. The van der Waals surface area contributed by atoms with Gasteiger partial charge in [0.05, 0.1) is 5.56 Å². The predicted molar refractivity (Wildman–Crippen MR) is 90.6 cm³/mol. The van der Waals surface area contributed by atoms with Gasteiger partial charge in [0.2, 0.25) is 0 Å². The largest absolute Gasteiger partial charge is 0.351 e. The Balaban J connectivity index is 2.77. The van der Waals surface area contributed by atoms with E-state index in [0.717, 1.165) is 22.2 Å². The zero-order valence-electron chi connectivity index (χ0n) is 11.5. The normalized spacial score (nSPS) is 11.4. The first kappa shape index (κ1) is 16.9. The van der Waals surface area contributed by atoms with Crippen molar-refractivity contribution in [3.63, 3.8) is 0 Å². The maximum absolute atomic E-state index is 12.2. The molecule has 0 heterocycles. The molecule has 0 aliphatic carbocycles. The lowest BCUT2D eigenvalue weighted by Gasteiger charge is -2.29. The second kappa shape index (κ2) is 7.60. The van der Waals surface area contributed by atoms with E-state index in [4.69, 9.17) is 0 Å². The van der Waals surface area contributed by atoms with E-state index in [1.165, 1.54) is 0 Å². The van der Waals surface area contributed by atoms with Crippen LogP contribution >= 0.6 is 40.3 Å². The van der Waals surface area contributed by atoms with Gasteiger partial charge in [0.1, 0.15) is 0 Å². The summed E-state index contributed by atoms with van der Waals surface area (Å²) in [6.07, 6.45) is 4.18. The maximum Gasteiger partial charge on any atom is 0.252 e. The highest BCUT2D eigenvalue weighted by Gasteiger charge is 2.25. The van der Waals surface area contributed by atoms with Crippen molar-refractivity contribution in [1.82, 2.24) is 5.32 Å². The molecule has 1 rings (SSSR count). The van der Waals surface area contributed by atoms with E-state index in [1.54, 1.807) is 6.07 Å². The first-order chi connectivity index (χ1) is 8.98. The van der Waals surface area contributed by atoms with Crippen LogP contribution in [0, 0.1) is 0 Å². The number of carbonyl (C=O) groups excluding carboxylic acids is 1. The Labute approximate surface area is 133 Å². The van der Waals surface area contributed by atoms with E-state index in [-0.39, 0.29) is 10.7 Å². The van der Waals surface area contributed by atoms with Crippen LogP contribution in [0.1, 0.15) is 37.0 Å². The monoisotopic (exact) mass is 361 g/mol. The van der Waals surface area contributed by atoms with Crippen molar-refractivity contribution in [2.75, 3.05) is 12.8 Å². The molecular weight excluding hydrogens is 342 g/mol. The lowest BCUT2D eigenvalue weighted by Crippen LogP contribution is -2.39. The molecule has 0 fully saturated rings. The smallest absolute Gasteiger partial charge is 0.252 e. The van der Waals surface area contributed by atoms with Crippen LogP contribution in [-0.2, 0) is 0 Å². The molecule has 1 amide bonds. The number of hydrogen-bond donors (Lipinski definition) is 2. The zero-order chi connectivity index (χ0) is 14.5. The van der Waals surface area contributed by atoms with Gasteiger partial charge in [-0.2, -0.15) is 11.8 Å². The summed E-state index contributed by atoms with van der Waals surface area (Å²) in [7, 11) is 0. The number of thiol groups is 1. The fourth-order valence-electron chi connectivity index (χ4n) is 1.88. The molecule has 0 unspecified atom stereocenters. The molecule has 0 spiro atoms. The van der Waals surface area contributed by atoms with Crippen molar-refractivity contribution in [2.45, 2.75) is 36.3 Å². The number of benzene rings is 1. The number of halogens is 1. The molecule has 1 aromatic rings. The molecule has 0 aliphatic rings. The topological polar surface area (TPSA) is 29.1 Å².